The number of nitrogens with one attached hydrogen (secondary N) is 2. The highest BCUT2D eigenvalue weighted by molar-refractivity contribution is 7.92. The second kappa shape index (κ2) is 5.71. The highest BCUT2D eigenvalue weighted by atomic mass is 32.2. The van der Waals surface area contributed by atoms with Gasteiger partial charge in [-0.1, -0.05) is 18.2 Å². The van der Waals surface area contributed by atoms with Crippen molar-refractivity contribution in [3.63, 3.8) is 0 Å². The number of nitrogens with zero attached hydrogens (tertiary/aromatic N) is 1. The van der Waals surface area contributed by atoms with E-state index in [1.54, 1.807) is 42.5 Å². The van der Waals surface area contributed by atoms with Crippen molar-refractivity contribution in [2.24, 2.45) is 0 Å². The second-order valence-corrected chi connectivity index (χ2v) is 5.56. The number of benzene rings is 1. The number of hydrogen-bond donors (Lipinski definition) is 2. The lowest BCUT2D eigenvalue weighted by molar-refractivity contribution is 0.601. The molecule has 0 fully saturated rings. The molecule has 6 heteroatoms. The van der Waals surface area contributed by atoms with Crippen LogP contribution in [0.15, 0.2) is 53.6 Å². The molecule has 0 aliphatic carbocycles. The van der Waals surface area contributed by atoms with Gasteiger partial charge < -0.3 is 5.32 Å². The predicted molar refractivity (Wildman–Crippen MR) is 75.7 cm³/mol. The predicted octanol–water partition coefficient (Wildman–Crippen LogP) is 2.31. The van der Waals surface area contributed by atoms with Crippen LogP contribution in [-0.2, 0) is 10.0 Å². The Morgan fingerprint density at radius 3 is 2.42 bits per heavy atom. The molecule has 19 heavy (non-hydrogen) atoms. The molecule has 0 saturated carbocycles. The number of hydrogen-bond acceptors (Lipinski definition) is 4. The van der Waals surface area contributed by atoms with Crippen LogP contribution >= 0.6 is 0 Å². The first-order valence-corrected chi connectivity index (χ1v) is 7.38. The van der Waals surface area contributed by atoms with Crippen LogP contribution in [0.25, 0.3) is 0 Å². The van der Waals surface area contributed by atoms with Crippen molar-refractivity contribution in [1.82, 2.24) is 4.98 Å². The molecule has 1 aromatic heterocycles. The third kappa shape index (κ3) is 3.45. The van der Waals surface area contributed by atoms with Gasteiger partial charge in [0.15, 0.2) is 0 Å². The van der Waals surface area contributed by atoms with E-state index in [4.69, 9.17) is 0 Å². The van der Waals surface area contributed by atoms with Gasteiger partial charge in [-0.05, 0) is 31.2 Å². The maximum Gasteiger partial charge on any atom is 0.261 e. The molecule has 0 amide bonds. The van der Waals surface area contributed by atoms with Crippen LogP contribution in [-0.4, -0.2) is 19.9 Å². The standard InChI is InChI=1S/C13H15N3O2S/c1-2-14-13-9-8-11(10-15-13)16-19(17,18)12-6-4-3-5-7-12/h3-10,16H,2H2,1H3,(H,14,15). The zero-order valence-electron chi connectivity index (χ0n) is 10.5. The number of aromatic nitrogens is 1. The molecule has 0 atom stereocenters. The molecule has 1 heterocycles. The summed E-state index contributed by atoms with van der Waals surface area (Å²) < 4.78 is 26.6. The zero-order chi connectivity index (χ0) is 13.7. The summed E-state index contributed by atoms with van der Waals surface area (Å²) in [5, 5.41) is 3.04. The van der Waals surface area contributed by atoms with Crippen molar-refractivity contribution < 1.29 is 8.42 Å². The van der Waals surface area contributed by atoms with Crippen LogP contribution in [0.4, 0.5) is 11.5 Å². The molecule has 0 saturated heterocycles. The molecule has 0 unspecified atom stereocenters. The van der Waals surface area contributed by atoms with Crippen molar-refractivity contribution in [1.29, 1.82) is 0 Å². The van der Waals surface area contributed by atoms with Crippen LogP contribution in [0.3, 0.4) is 0 Å². The van der Waals surface area contributed by atoms with E-state index < -0.39 is 10.0 Å². The topological polar surface area (TPSA) is 71.1 Å². The maximum absolute atomic E-state index is 12.1. The number of pyridine rings is 1. The Bertz CT molecular complexity index is 625. The maximum atomic E-state index is 12.1. The van der Waals surface area contributed by atoms with Crippen molar-refractivity contribution in [3.05, 3.63) is 48.7 Å². The highest BCUT2D eigenvalue weighted by Crippen LogP contribution is 2.16. The summed E-state index contributed by atoms with van der Waals surface area (Å²) in [7, 11) is -3.55. The Kier molecular flexibility index (Phi) is 4.01. The summed E-state index contributed by atoms with van der Waals surface area (Å²) in [5.41, 5.74) is 0.436. The lowest BCUT2D eigenvalue weighted by atomic mass is 10.4. The van der Waals surface area contributed by atoms with Gasteiger partial charge in [0.05, 0.1) is 16.8 Å². The largest absolute Gasteiger partial charge is 0.370 e. The molecule has 1 aromatic carbocycles. The van der Waals surface area contributed by atoms with Gasteiger partial charge in [-0.2, -0.15) is 0 Å². The normalized spacial score (nSPS) is 11.0. The SMILES string of the molecule is CCNc1ccc(NS(=O)(=O)c2ccccc2)cn1. The van der Waals surface area contributed by atoms with Gasteiger partial charge in [0.25, 0.3) is 10.0 Å². The molecule has 0 radical (unpaired) electrons. The lowest BCUT2D eigenvalue weighted by Gasteiger charge is -2.08. The first-order chi connectivity index (χ1) is 9.12. The Hall–Kier alpha value is -2.08. The van der Waals surface area contributed by atoms with Crippen molar-refractivity contribution in [2.75, 3.05) is 16.6 Å². The fraction of sp³-hybridized carbons (Fsp3) is 0.154. The molecular weight excluding hydrogens is 262 g/mol. The summed E-state index contributed by atoms with van der Waals surface area (Å²) >= 11 is 0. The monoisotopic (exact) mass is 277 g/mol. The van der Waals surface area contributed by atoms with Gasteiger partial charge in [0, 0.05) is 6.54 Å². The highest BCUT2D eigenvalue weighted by Gasteiger charge is 2.13. The third-order valence-corrected chi connectivity index (χ3v) is 3.82. The molecule has 2 rings (SSSR count). The Morgan fingerprint density at radius 1 is 1.11 bits per heavy atom. The number of rotatable bonds is 5. The van der Waals surface area contributed by atoms with E-state index in [2.05, 4.69) is 15.0 Å². The summed E-state index contributed by atoms with van der Waals surface area (Å²) in [6.07, 6.45) is 1.48. The molecule has 2 aromatic rings. The van der Waals surface area contributed by atoms with Crippen LogP contribution < -0.4 is 10.0 Å². The van der Waals surface area contributed by atoms with Gasteiger partial charge in [0.1, 0.15) is 5.82 Å². The summed E-state index contributed by atoms with van der Waals surface area (Å²) in [4.78, 5) is 4.34. The van der Waals surface area contributed by atoms with Crippen LogP contribution in [0.1, 0.15) is 6.92 Å². The van der Waals surface area contributed by atoms with Crippen molar-refractivity contribution in [2.45, 2.75) is 11.8 Å². The fourth-order valence-corrected chi connectivity index (χ4v) is 2.62. The quantitative estimate of drug-likeness (QED) is 0.879. The van der Waals surface area contributed by atoms with E-state index in [0.717, 1.165) is 6.54 Å². The zero-order valence-corrected chi connectivity index (χ0v) is 11.3. The van der Waals surface area contributed by atoms with Crippen molar-refractivity contribution in [3.8, 4) is 0 Å². The average molecular weight is 277 g/mol. The molecule has 0 spiro atoms. The molecule has 0 aliphatic rings. The van der Waals surface area contributed by atoms with E-state index in [9.17, 15) is 8.42 Å². The van der Waals surface area contributed by atoms with E-state index in [1.165, 1.54) is 6.20 Å². The van der Waals surface area contributed by atoms with E-state index >= 15 is 0 Å². The Balaban J connectivity index is 2.17. The summed E-state index contributed by atoms with van der Waals surface area (Å²) in [6, 6.07) is 11.6. The van der Waals surface area contributed by atoms with E-state index in [0.29, 0.717) is 11.5 Å². The number of sulfonamides is 1. The molecule has 2 N–H and O–H groups in total. The fourth-order valence-electron chi connectivity index (χ4n) is 1.55. The molecule has 0 bridgehead atoms. The lowest BCUT2D eigenvalue weighted by Crippen LogP contribution is -2.13. The van der Waals surface area contributed by atoms with E-state index in [1.807, 2.05) is 6.92 Å². The van der Waals surface area contributed by atoms with Gasteiger partial charge in [0.2, 0.25) is 0 Å². The van der Waals surface area contributed by atoms with Crippen molar-refractivity contribution >= 4 is 21.5 Å². The summed E-state index contributed by atoms with van der Waals surface area (Å²) in [5.74, 6) is 0.713. The van der Waals surface area contributed by atoms with Gasteiger partial charge in [-0.25, -0.2) is 13.4 Å². The third-order valence-electron chi connectivity index (χ3n) is 2.43. The summed E-state index contributed by atoms with van der Waals surface area (Å²) in [6.45, 7) is 2.73. The second-order valence-electron chi connectivity index (χ2n) is 3.88. The minimum absolute atomic E-state index is 0.228. The minimum atomic E-state index is -3.55. The first kappa shape index (κ1) is 13.4. The van der Waals surface area contributed by atoms with Gasteiger partial charge in [-0.3, -0.25) is 4.72 Å². The van der Waals surface area contributed by atoms with Gasteiger partial charge in [-0.15, -0.1) is 0 Å². The van der Waals surface area contributed by atoms with Gasteiger partial charge >= 0.3 is 0 Å². The number of anilines is 2. The van der Waals surface area contributed by atoms with Crippen LogP contribution in [0.2, 0.25) is 0 Å². The average Bonchev–Trinajstić information content (AvgIpc) is 2.42. The van der Waals surface area contributed by atoms with Crippen LogP contribution in [0, 0.1) is 0 Å². The molecule has 0 aliphatic heterocycles. The Labute approximate surface area is 112 Å². The first-order valence-electron chi connectivity index (χ1n) is 5.89. The molecule has 5 nitrogen and oxygen atoms in total. The Morgan fingerprint density at radius 2 is 1.84 bits per heavy atom. The van der Waals surface area contributed by atoms with Crippen LogP contribution in [0.5, 0.6) is 0 Å². The smallest absolute Gasteiger partial charge is 0.261 e. The van der Waals surface area contributed by atoms with E-state index in [-0.39, 0.29) is 4.90 Å². The molecule has 100 valence electrons. The molecular formula is C13H15N3O2S. The minimum Gasteiger partial charge on any atom is -0.370 e.